The molecule has 3 rings (SSSR count). The summed E-state index contributed by atoms with van der Waals surface area (Å²) in [6.45, 7) is 0. The number of amides is 1. The Hall–Kier alpha value is -3.94. The number of nitro groups is 1. The Morgan fingerprint density at radius 2 is 1.60 bits per heavy atom. The lowest BCUT2D eigenvalue weighted by Crippen LogP contribution is -2.14. The Morgan fingerprint density at radius 1 is 0.933 bits per heavy atom. The van der Waals surface area contributed by atoms with E-state index in [1.807, 2.05) is 0 Å². The minimum Gasteiger partial charge on any atom is -0.322 e. The van der Waals surface area contributed by atoms with Gasteiger partial charge in [0.1, 0.15) is 0 Å². The zero-order valence-corrected chi connectivity index (χ0v) is 15.4. The second-order valence-electron chi connectivity index (χ2n) is 6.31. The van der Waals surface area contributed by atoms with Crippen LogP contribution in [0.4, 0.5) is 24.5 Å². The molecule has 0 fully saturated rings. The van der Waals surface area contributed by atoms with Crippen molar-refractivity contribution in [3.8, 4) is 0 Å². The van der Waals surface area contributed by atoms with Crippen molar-refractivity contribution < 1.29 is 22.9 Å². The van der Waals surface area contributed by atoms with Crippen molar-refractivity contribution in [2.45, 2.75) is 6.18 Å². The molecule has 8 heteroatoms. The van der Waals surface area contributed by atoms with Crippen molar-refractivity contribution in [2.24, 2.45) is 0 Å². The van der Waals surface area contributed by atoms with Crippen LogP contribution in [0.15, 0.2) is 78.9 Å². The highest BCUT2D eigenvalue weighted by Gasteiger charge is 2.30. The number of non-ortho nitro benzene ring substituents is 1. The summed E-state index contributed by atoms with van der Waals surface area (Å²) in [5.41, 5.74) is 0.430. The Bertz CT molecular complexity index is 1090. The van der Waals surface area contributed by atoms with Gasteiger partial charge in [0.25, 0.3) is 11.6 Å². The van der Waals surface area contributed by atoms with Gasteiger partial charge in [-0.25, -0.2) is 0 Å². The highest BCUT2D eigenvalue weighted by Crippen LogP contribution is 2.30. The van der Waals surface area contributed by atoms with E-state index in [-0.39, 0.29) is 16.9 Å². The fourth-order valence-electron chi connectivity index (χ4n) is 2.73. The van der Waals surface area contributed by atoms with Gasteiger partial charge in [0.2, 0.25) is 0 Å². The largest absolute Gasteiger partial charge is 0.416 e. The lowest BCUT2D eigenvalue weighted by atomic mass is 10.0. The van der Waals surface area contributed by atoms with Crippen LogP contribution in [0.3, 0.4) is 0 Å². The topological polar surface area (TPSA) is 72.2 Å². The second kappa shape index (κ2) is 8.60. The first-order valence-corrected chi connectivity index (χ1v) is 8.74. The van der Waals surface area contributed by atoms with Crippen molar-refractivity contribution in [1.82, 2.24) is 0 Å². The summed E-state index contributed by atoms with van der Waals surface area (Å²) in [4.78, 5) is 23.4. The molecule has 152 valence electrons. The Balaban J connectivity index is 1.94. The average molecular weight is 412 g/mol. The first kappa shape index (κ1) is 20.8. The maximum absolute atomic E-state index is 12.9. The van der Waals surface area contributed by atoms with E-state index in [0.29, 0.717) is 11.1 Å². The zero-order valence-electron chi connectivity index (χ0n) is 15.4. The van der Waals surface area contributed by atoms with Gasteiger partial charge in [-0.15, -0.1) is 0 Å². The Kier molecular flexibility index (Phi) is 5.96. The normalized spacial score (nSPS) is 11.8. The smallest absolute Gasteiger partial charge is 0.322 e. The van der Waals surface area contributed by atoms with Crippen LogP contribution in [0.2, 0.25) is 0 Å². The van der Waals surface area contributed by atoms with Crippen LogP contribution in [-0.4, -0.2) is 10.8 Å². The zero-order chi connectivity index (χ0) is 21.7. The van der Waals surface area contributed by atoms with E-state index >= 15 is 0 Å². The molecule has 3 aromatic carbocycles. The van der Waals surface area contributed by atoms with Crippen LogP contribution < -0.4 is 5.32 Å². The van der Waals surface area contributed by atoms with Crippen LogP contribution >= 0.6 is 0 Å². The van der Waals surface area contributed by atoms with Gasteiger partial charge < -0.3 is 5.32 Å². The third-order valence-electron chi connectivity index (χ3n) is 4.19. The number of nitrogens with one attached hydrogen (secondary N) is 1. The minimum atomic E-state index is -4.47. The van der Waals surface area contributed by atoms with E-state index in [0.717, 1.165) is 24.3 Å². The Morgan fingerprint density at radius 3 is 2.20 bits per heavy atom. The SMILES string of the molecule is O=C(Nc1ccc(C(F)(F)F)cc1)/C(=C/c1cccc([N+](=O)[O-])c1)c1ccccc1. The molecular formula is C22H15F3N2O3. The molecule has 5 nitrogen and oxygen atoms in total. The fourth-order valence-corrected chi connectivity index (χ4v) is 2.73. The number of nitro benzene ring substituents is 1. The van der Waals surface area contributed by atoms with Crippen LogP contribution in [0.25, 0.3) is 11.6 Å². The summed E-state index contributed by atoms with van der Waals surface area (Å²) in [5.74, 6) is -0.563. The van der Waals surface area contributed by atoms with Gasteiger partial charge >= 0.3 is 6.18 Å². The molecule has 0 aliphatic carbocycles. The summed E-state index contributed by atoms with van der Waals surface area (Å²) < 4.78 is 38.2. The summed E-state index contributed by atoms with van der Waals surface area (Å²) in [5, 5.41) is 13.6. The maximum Gasteiger partial charge on any atom is 0.416 e. The van der Waals surface area contributed by atoms with Crippen LogP contribution in [-0.2, 0) is 11.0 Å². The van der Waals surface area contributed by atoms with Crippen molar-refractivity contribution >= 4 is 28.9 Å². The predicted octanol–water partition coefficient (Wildman–Crippen LogP) is 5.79. The van der Waals surface area contributed by atoms with Crippen LogP contribution in [0.1, 0.15) is 16.7 Å². The molecular weight excluding hydrogens is 397 g/mol. The van der Waals surface area contributed by atoms with Crippen LogP contribution in [0, 0.1) is 10.1 Å². The van der Waals surface area contributed by atoms with E-state index in [1.54, 1.807) is 36.4 Å². The van der Waals surface area contributed by atoms with Gasteiger partial charge in [0.05, 0.1) is 10.5 Å². The number of nitrogens with zero attached hydrogens (tertiary/aromatic N) is 1. The lowest BCUT2D eigenvalue weighted by molar-refractivity contribution is -0.384. The third-order valence-corrected chi connectivity index (χ3v) is 4.19. The number of carbonyl (C=O) groups excluding carboxylic acids is 1. The molecule has 0 spiro atoms. The number of alkyl halides is 3. The fraction of sp³-hybridized carbons (Fsp3) is 0.0455. The molecule has 3 aromatic rings. The summed E-state index contributed by atoms with van der Waals surface area (Å²) in [7, 11) is 0. The number of hydrogen-bond donors (Lipinski definition) is 1. The number of rotatable bonds is 5. The van der Waals surface area contributed by atoms with E-state index in [4.69, 9.17) is 0 Å². The Labute approximate surface area is 169 Å². The summed E-state index contributed by atoms with van der Waals surface area (Å²) >= 11 is 0. The number of carbonyl (C=O) groups is 1. The average Bonchev–Trinajstić information content (AvgIpc) is 2.72. The number of anilines is 1. The molecule has 0 aliphatic heterocycles. The van der Waals surface area contributed by atoms with Gasteiger partial charge in [-0.2, -0.15) is 13.2 Å². The first-order valence-electron chi connectivity index (χ1n) is 8.74. The highest BCUT2D eigenvalue weighted by atomic mass is 19.4. The second-order valence-corrected chi connectivity index (χ2v) is 6.31. The van der Waals surface area contributed by atoms with E-state index < -0.39 is 22.6 Å². The molecule has 0 aromatic heterocycles. The first-order chi connectivity index (χ1) is 14.2. The standard InChI is InChI=1S/C22H15F3N2O3/c23-22(24,25)17-9-11-18(12-10-17)26-21(28)20(16-6-2-1-3-7-16)14-15-5-4-8-19(13-15)27(29)30/h1-14H,(H,26,28)/b20-14+. The molecule has 0 radical (unpaired) electrons. The molecule has 0 aliphatic rings. The van der Waals surface area contributed by atoms with Gasteiger partial charge in [-0.3, -0.25) is 14.9 Å². The summed E-state index contributed by atoms with van der Waals surface area (Å²) in [6, 6.07) is 18.5. The van der Waals surface area contributed by atoms with Gasteiger partial charge in [-0.05, 0) is 41.5 Å². The minimum absolute atomic E-state index is 0.126. The molecule has 1 N–H and O–H groups in total. The molecule has 0 atom stereocenters. The molecule has 0 saturated heterocycles. The predicted molar refractivity (Wildman–Crippen MR) is 107 cm³/mol. The van der Waals surface area contributed by atoms with Crippen molar-refractivity contribution in [3.05, 3.63) is 106 Å². The summed E-state index contributed by atoms with van der Waals surface area (Å²) in [6.07, 6.45) is -2.98. The van der Waals surface area contributed by atoms with E-state index in [9.17, 15) is 28.1 Å². The number of hydrogen-bond acceptors (Lipinski definition) is 3. The monoisotopic (exact) mass is 412 g/mol. The molecule has 0 bridgehead atoms. The number of halogens is 3. The molecule has 0 heterocycles. The van der Waals surface area contributed by atoms with Crippen molar-refractivity contribution in [1.29, 1.82) is 0 Å². The maximum atomic E-state index is 12.9. The van der Waals surface area contributed by atoms with E-state index in [2.05, 4.69) is 5.32 Å². The molecule has 0 saturated carbocycles. The molecule has 30 heavy (non-hydrogen) atoms. The molecule has 1 amide bonds. The van der Waals surface area contributed by atoms with Crippen molar-refractivity contribution in [2.75, 3.05) is 5.32 Å². The van der Waals surface area contributed by atoms with Gasteiger partial charge in [0.15, 0.2) is 0 Å². The van der Waals surface area contributed by atoms with Crippen molar-refractivity contribution in [3.63, 3.8) is 0 Å². The molecule has 0 unspecified atom stereocenters. The number of benzene rings is 3. The lowest BCUT2D eigenvalue weighted by Gasteiger charge is -2.11. The quantitative estimate of drug-likeness (QED) is 0.249. The van der Waals surface area contributed by atoms with Gasteiger partial charge in [0, 0.05) is 23.4 Å². The van der Waals surface area contributed by atoms with Gasteiger partial charge in [-0.1, -0.05) is 42.5 Å². The highest BCUT2D eigenvalue weighted by molar-refractivity contribution is 6.29. The third kappa shape index (κ3) is 5.11. The van der Waals surface area contributed by atoms with Crippen LogP contribution in [0.5, 0.6) is 0 Å². The van der Waals surface area contributed by atoms with E-state index in [1.165, 1.54) is 24.3 Å².